The van der Waals surface area contributed by atoms with E-state index in [-0.39, 0.29) is 36.2 Å². The van der Waals surface area contributed by atoms with Crippen LogP contribution >= 0.6 is 11.8 Å². The number of esters is 1. The van der Waals surface area contributed by atoms with Gasteiger partial charge in [0.2, 0.25) is 11.8 Å². The van der Waals surface area contributed by atoms with Crippen molar-refractivity contribution in [2.24, 2.45) is 11.8 Å². The van der Waals surface area contributed by atoms with Crippen LogP contribution in [-0.4, -0.2) is 119 Å². The van der Waals surface area contributed by atoms with Crippen molar-refractivity contribution in [1.29, 1.82) is 0 Å². The third-order valence-corrected chi connectivity index (χ3v) is 9.85. The first kappa shape index (κ1) is 27.2. The number of amides is 2. The zero-order valence-corrected chi connectivity index (χ0v) is 21.8. The Morgan fingerprint density at radius 3 is 2.72 bits per heavy atom. The molecule has 4 aliphatic rings. The average molecular weight is 522 g/mol. The number of morpholine rings is 1. The van der Waals surface area contributed by atoms with Crippen LogP contribution in [0.3, 0.4) is 0 Å². The van der Waals surface area contributed by atoms with Crippen LogP contribution in [0.4, 0.5) is 0 Å². The number of thioether (sulfide) groups is 1. The molecule has 5 atom stereocenters. The number of ether oxygens (including phenoxy) is 2. The predicted molar refractivity (Wildman–Crippen MR) is 137 cm³/mol. The van der Waals surface area contributed by atoms with Gasteiger partial charge in [-0.1, -0.05) is 12.2 Å². The molecule has 0 aromatic carbocycles. The van der Waals surface area contributed by atoms with Crippen molar-refractivity contribution in [2.75, 3.05) is 65.7 Å². The van der Waals surface area contributed by atoms with Crippen LogP contribution in [0, 0.1) is 11.8 Å². The van der Waals surface area contributed by atoms with Gasteiger partial charge in [-0.25, -0.2) is 0 Å². The molecule has 2 unspecified atom stereocenters. The van der Waals surface area contributed by atoms with Crippen LogP contribution in [0.5, 0.6) is 0 Å². The lowest BCUT2D eigenvalue weighted by Gasteiger charge is -2.38. The van der Waals surface area contributed by atoms with Crippen molar-refractivity contribution in [3.8, 4) is 0 Å². The van der Waals surface area contributed by atoms with Crippen molar-refractivity contribution < 1.29 is 29.0 Å². The van der Waals surface area contributed by atoms with Crippen LogP contribution < -0.4 is 0 Å². The molecule has 0 aliphatic carbocycles. The van der Waals surface area contributed by atoms with Gasteiger partial charge in [-0.15, -0.1) is 24.9 Å². The van der Waals surface area contributed by atoms with Gasteiger partial charge in [0.15, 0.2) is 0 Å². The number of hydrogen-bond acceptors (Lipinski definition) is 8. The topological polar surface area (TPSA) is 99.6 Å². The molecular weight excluding hydrogens is 482 g/mol. The third-order valence-electron chi connectivity index (χ3n) is 7.90. The molecule has 4 saturated heterocycles. The van der Waals surface area contributed by atoms with Gasteiger partial charge in [0, 0.05) is 44.5 Å². The maximum Gasteiger partial charge on any atom is 0.310 e. The summed E-state index contributed by atoms with van der Waals surface area (Å²) in [7, 11) is 0. The molecule has 1 spiro atoms. The van der Waals surface area contributed by atoms with E-state index in [9.17, 15) is 19.5 Å². The first-order valence-electron chi connectivity index (χ1n) is 13.0. The monoisotopic (exact) mass is 521 g/mol. The van der Waals surface area contributed by atoms with Crippen molar-refractivity contribution in [3.05, 3.63) is 25.3 Å². The van der Waals surface area contributed by atoms with E-state index in [2.05, 4.69) is 18.1 Å². The summed E-state index contributed by atoms with van der Waals surface area (Å²) < 4.78 is 10.3. The number of aliphatic hydroxyl groups excluding tert-OH is 1. The fourth-order valence-electron chi connectivity index (χ4n) is 6.25. The standard InChI is InChI=1S/C26H39N3O6S/c1-3-5-6-16-35-25(33)20-19-7-8-26(36-19)21(20)23(31)29(12-15-30)22(26)24(32)28(9-4-2)11-10-27-13-17-34-18-14-27/h3-4,19-22,30H,1-2,5-18H2/t19-,20+,21+,22?,26?/m1/s1. The van der Waals surface area contributed by atoms with Crippen molar-refractivity contribution >= 4 is 29.5 Å². The maximum atomic E-state index is 14.1. The first-order chi connectivity index (χ1) is 17.5. The molecule has 200 valence electrons. The van der Waals surface area contributed by atoms with E-state index in [1.165, 1.54) is 4.90 Å². The number of β-amino-alcohol motifs (C(OH)–C–C–N with tert-alkyl or cyclic N) is 1. The van der Waals surface area contributed by atoms with Crippen LogP contribution in [0.15, 0.2) is 25.3 Å². The molecule has 2 amide bonds. The Kier molecular flexibility index (Phi) is 9.14. The molecule has 1 N–H and O–H groups in total. The molecule has 2 bridgehead atoms. The Labute approximate surface area is 217 Å². The highest BCUT2D eigenvalue weighted by Crippen LogP contribution is 2.66. The van der Waals surface area contributed by atoms with Gasteiger partial charge < -0.3 is 24.4 Å². The Morgan fingerprint density at radius 1 is 1.25 bits per heavy atom. The van der Waals surface area contributed by atoms with E-state index >= 15 is 0 Å². The van der Waals surface area contributed by atoms with E-state index in [1.807, 2.05) is 0 Å². The lowest BCUT2D eigenvalue weighted by Crippen LogP contribution is -2.56. The lowest BCUT2D eigenvalue weighted by atomic mass is 9.71. The largest absolute Gasteiger partial charge is 0.465 e. The number of aliphatic hydroxyl groups is 1. The minimum absolute atomic E-state index is 0.0290. The van der Waals surface area contributed by atoms with Gasteiger partial charge in [-0.2, -0.15) is 0 Å². The summed E-state index contributed by atoms with van der Waals surface area (Å²) in [4.78, 5) is 46.5. The maximum absolute atomic E-state index is 14.1. The summed E-state index contributed by atoms with van der Waals surface area (Å²) in [5.74, 6) is -1.83. The first-order valence-corrected chi connectivity index (χ1v) is 13.9. The molecule has 0 saturated carbocycles. The van der Waals surface area contributed by atoms with Gasteiger partial charge in [0.25, 0.3) is 0 Å². The number of likely N-dealkylation sites (tertiary alicyclic amines) is 1. The van der Waals surface area contributed by atoms with Crippen LogP contribution in [0.2, 0.25) is 0 Å². The fourth-order valence-corrected chi connectivity index (χ4v) is 8.45. The molecule has 4 rings (SSSR count). The summed E-state index contributed by atoms with van der Waals surface area (Å²) in [6, 6.07) is -0.708. The van der Waals surface area contributed by atoms with E-state index in [4.69, 9.17) is 9.47 Å². The Bertz CT molecular complexity index is 850. The van der Waals surface area contributed by atoms with Crippen LogP contribution in [0.1, 0.15) is 25.7 Å². The molecule has 0 radical (unpaired) electrons. The second kappa shape index (κ2) is 12.1. The van der Waals surface area contributed by atoms with Gasteiger partial charge in [0.1, 0.15) is 6.04 Å². The number of fused-ring (bicyclic) bond motifs is 1. The Balaban J connectivity index is 1.54. The van der Waals surface area contributed by atoms with E-state index in [0.717, 1.165) is 32.5 Å². The molecule has 4 fully saturated rings. The smallest absolute Gasteiger partial charge is 0.310 e. The second-order valence-electron chi connectivity index (χ2n) is 9.94. The summed E-state index contributed by atoms with van der Waals surface area (Å²) in [5.41, 5.74) is 0. The fraction of sp³-hybridized carbons (Fsp3) is 0.731. The number of unbranched alkanes of at least 4 members (excludes halogenated alkanes) is 1. The number of allylic oxidation sites excluding steroid dienone is 1. The summed E-state index contributed by atoms with van der Waals surface area (Å²) >= 11 is 1.62. The number of carbonyl (C=O) groups excluding carboxylic acids is 3. The highest BCUT2D eigenvalue weighted by atomic mass is 32.2. The minimum atomic E-state index is -0.708. The molecule has 4 heterocycles. The molecule has 0 aromatic rings. The average Bonchev–Trinajstić information content (AvgIpc) is 3.52. The number of rotatable bonds is 13. The van der Waals surface area contributed by atoms with E-state index in [1.54, 1.807) is 28.8 Å². The quantitative estimate of drug-likeness (QED) is 0.217. The summed E-state index contributed by atoms with van der Waals surface area (Å²) in [5, 5.41) is 9.74. The molecule has 0 aromatic heterocycles. The van der Waals surface area contributed by atoms with Crippen LogP contribution in [0.25, 0.3) is 0 Å². The van der Waals surface area contributed by atoms with Crippen LogP contribution in [-0.2, 0) is 23.9 Å². The molecular formula is C26H39N3O6S. The number of hydrogen-bond donors (Lipinski definition) is 1. The molecule has 4 aliphatic heterocycles. The van der Waals surface area contributed by atoms with Gasteiger partial charge in [-0.3, -0.25) is 19.3 Å². The van der Waals surface area contributed by atoms with Gasteiger partial charge in [-0.05, 0) is 25.7 Å². The zero-order chi connectivity index (χ0) is 25.7. The van der Waals surface area contributed by atoms with Gasteiger partial charge in [0.05, 0.1) is 43.0 Å². The van der Waals surface area contributed by atoms with Crippen molar-refractivity contribution in [3.63, 3.8) is 0 Å². The third kappa shape index (κ3) is 5.10. The van der Waals surface area contributed by atoms with E-state index < -0.39 is 22.6 Å². The molecule has 36 heavy (non-hydrogen) atoms. The number of nitrogens with zero attached hydrogens (tertiary/aromatic N) is 3. The Morgan fingerprint density at radius 2 is 2.03 bits per heavy atom. The lowest BCUT2D eigenvalue weighted by molar-refractivity contribution is -0.154. The summed E-state index contributed by atoms with van der Waals surface area (Å²) in [6.07, 6.45) is 6.42. The highest BCUT2D eigenvalue weighted by molar-refractivity contribution is 8.02. The van der Waals surface area contributed by atoms with E-state index in [0.29, 0.717) is 45.8 Å². The SMILES string of the molecule is C=CCCCOC(=O)[C@@H]1[C@H]2C(=O)N(CCO)C(C(=O)N(CC=C)CCN3CCOCC3)C23CC[C@H]1S3. The van der Waals surface area contributed by atoms with Gasteiger partial charge >= 0.3 is 5.97 Å². The molecule has 9 nitrogen and oxygen atoms in total. The minimum Gasteiger partial charge on any atom is -0.465 e. The zero-order valence-electron chi connectivity index (χ0n) is 21.0. The van der Waals surface area contributed by atoms with Crippen molar-refractivity contribution in [2.45, 2.75) is 41.7 Å². The molecule has 10 heteroatoms. The highest BCUT2D eigenvalue weighted by Gasteiger charge is 2.74. The number of carbonyl (C=O) groups is 3. The normalized spacial score (nSPS) is 31.4. The Hall–Kier alpha value is -1.88. The predicted octanol–water partition coefficient (Wildman–Crippen LogP) is 0.926. The second-order valence-corrected chi connectivity index (χ2v) is 11.5. The van der Waals surface area contributed by atoms with Crippen molar-refractivity contribution in [1.82, 2.24) is 14.7 Å². The summed E-state index contributed by atoms with van der Waals surface area (Å²) in [6.45, 7) is 12.3.